The number of nitrogens with one attached hydrogen (secondary N) is 1. The second-order valence-corrected chi connectivity index (χ2v) is 6.45. The number of carbonyl (C=O) groups is 1. The van der Waals surface area contributed by atoms with Gasteiger partial charge in [-0.25, -0.2) is 0 Å². The SMILES string of the molecule is CCNC(=NCCN(C)Cc1ccccc1)N1CCN(C(C)=O)CC1.I. The number of nitrogens with zero attached hydrogens (tertiary/aromatic N) is 4. The predicted octanol–water partition coefficient (Wildman–Crippen LogP) is 1.87. The lowest BCUT2D eigenvalue weighted by Gasteiger charge is -2.36. The van der Waals surface area contributed by atoms with Crippen LogP contribution in [-0.2, 0) is 11.3 Å². The highest BCUT2D eigenvalue weighted by molar-refractivity contribution is 14.0. The first-order chi connectivity index (χ1) is 12.1. The van der Waals surface area contributed by atoms with E-state index < -0.39 is 0 Å². The number of benzene rings is 1. The smallest absolute Gasteiger partial charge is 0.219 e. The van der Waals surface area contributed by atoms with Crippen LogP contribution < -0.4 is 5.32 Å². The molecule has 0 aliphatic carbocycles. The van der Waals surface area contributed by atoms with Gasteiger partial charge >= 0.3 is 0 Å². The van der Waals surface area contributed by atoms with Crippen LogP contribution in [0.15, 0.2) is 35.3 Å². The van der Waals surface area contributed by atoms with Gasteiger partial charge < -0.3 is 20.0 Å². The van der Waals surface area contributed by atoms with E-state index in [2.05, 4.69) is 53.4 Å². The first-order valence-electron chi connectivity index (χ1n) is 9.11. The van der Waals surface area contributed by atoms with Gasteiger partial charge in [0.15, 0.2) is 5.96 Å². The Morgan fingerprint density at radius 1 is 1.15 bits per heavy atom. The summed E-state index contributed by atoms with van der Waals surface area (Å²) in [5.41, 5.74) is 1.32. The maximum atomic E-state index is 11.5. The second-order valence-electron chi connectivity index (χ2n) is 6.45. The lowest BCUT2D eigenvalue weighted by molar-refractivity contribution is -0.130. The van der Waals surface area contributed by atoms with Crippen molar-refractivity contribution in [3.8, 4) is 0 Å². The van der Waals surface area contributed by atoms with Crippen LogP contribution in [0.1, 0.15) is 19.4 Å². The van der Waals surface area contributed by atoms with E-state index in [1.807, 2.05) is 11.0 Å². The second kappa shape index (κ2) is 12.1. The molecular formula is C19H32IN5O. The van der Waals surface area contributed by atoms with E-state index in [0.29, 0.717) is 0 Å². The number of likely N-dealkylation sites (N-methyl/N-ethyl adjacent to an activating group) is 1. The number of carbonyl (C=O) groups excluding carboxylic acids is 1. The number of hydrogen-bond donors (Lipinski definition) is 1. The van der Waals surface area contributed by atoms with E-state index in [-0.39, 0.29) is 29.9 Å². The van der Waals surface area contributed by atoms with Crippen molar-refractivity contribution >= 4 is 35.8 Å². The van der Waals surface area contributed by atoms with Crippen LogP contribution in [0.5, 0.6) is 0 Å². The van der Waals surface area contributed by atoms with Gasteiger partial charge in [0.2, 0.25) is 5.91 Å². The van der Waals surface area contributed by atoms with Crippen molar-refractivity contribution in [2.45, 2.75) is 20.4 Å². The summed E-state index contributed by atoms with van der Waals surface area (Å²) in [4.78, 5) is 22.7. The van der Waals surface area contributed by atoms with Crippen molar-refractivity contribution < 1.29 is 4.79 Å². The van der Waals surface area contributed by atoms with Gasteiger partial charge in [0.1, 0.15) is 0 Å². The Morgan fingerprint density at radius 3 is 2.35 bits per heavy atom. The van der Waals surface area contributed by atoms with Crippen LogP contribution >= 0.6 is 24.0 Å². The van der Waals surface area contributed by atoms with Gasteiger partial charge in [-0.05, 0) is 19.5 Å². The minimum absolute atomic E-state index is 0. The van der Waals surface area contributed by atoms with Gasteiger partial charge in [0, 0.05) is 52.7 Å². The van der Waals surface area contributed by atoms with Crippen molar-refractivity contribution in [3.05, 3.63) is 35.9 Å². The van der Waals surface area contributed by atoms with Gasteiger partial charge in [-0.2, -0.15) is 0 Å². The molecule has 146 valence electrons. The quantitative estimate of drug-likeness (QED) is 0.390. The maximum Gasteiger partial charge on any atom is 0.219 e. The number of guanidine groups is 1. The van der Waals surface area contributed by atoms with Crippen molar-refractivity contribution in [2.75, 3.05) is 52.9 Å². The van der Waals surface area contributed by atoms with E-state index in [0.717, 1.165) is 58.3 Å². The summed E-state index contributed by atoms with van der Waals surface area (Å²) in [7, 11) is 2.13. The predicted molar refractivity (Wildman–Crippen MR) is 118 cm³/mol. The lowest BCUT2D eigenvalue weighted by Crippen LogP contribution is -2.53. The largest absolute Gasteiger partial charge is 0.357 e. The highest BCUT2D eigenvalue weighted by atomic mass is 127. The molecule has 0 spiro atoms. The van der Waals surface area contributed by atoms with E-state index in [9.17, 15) is 4.79 Å². The average molecular weight is 473 g/mol. The summed E-state index contributed by atoms with van der Waals surface area (Å²) in [6, 6.07) is 10.5. The van der Waals surface area contributed by atoms with Gasteiger partial charge in [-0.1, -0.05) is 30.3 Å². The lowest BCUT2D eigenvalue weighted by atomic mass is 10.2. The highest BCUT2D eigenvalue weighted by Gasteiger charge is 2.20. The van der Waals surface area contributed by atoms with Crippen molar-refractivity contribution in [3.63, 3.8) is 0 Å². The molecule has 2 rings (SSSR count). The number of amides is 1. The minimum Gasteiger partial charge on any atom is -0.357 e. The third-order valence-electron chi connectivity index (χ3n) is 4.40. The average Bonchev–Trinajstić information content (AvgIpc) is 2.62. The summed E-state index contributed by atoms with van der Waals surface area (Å²) in [5.74, 6) is 1.11. The molecule has 1 aromatic rings. The van der Waals surface area contributed by atoms with Gasteiger partial charge in [-0.3, -0.25) is 9.79 Å². The topological polar surface area (TPSA) is 51.2 Å². The Bertz CT molecular complexity index is 558. The Balaban J connectivity index is 0.00000338. The summed E-state index contributed by atoms with van der Waals surface area (Å²) >= 11 is 0. The van der Waals surface area contributed by atoms with Gasteiger partial charge in [0.05, 0.1) is 6.54 Å². The molecule has 1 aromatic carbocycles. The number of aliphatic imine (C=N–C) groups is 1. The fraction of sp³-hybridized carbons (Fsp3) is 0.579. The van der Waals surface area contributed by atoms with Crippen LogP contribution in [0.25, 0.3) is 0 Å². The standard InChI is InChI=1S/C19H31N5O.HI/c1-4-20-19(24-14-12-23(13-15-24)17(2)25)21-10-11-22(3)16-18-8-6-5-7-9-18;/h5-9H,4,10-16H2,1-3H3,(H,20,21);1H. The molecule has 1 heterocycles. The molecule has 1 aliphatic heterocycles. The number of rotatable bonds is 6. The fourth-order valence-corrected chi connectivity index (χ4v) is 2.96. The summed E-state index contributed by atoms with van der Waals surface area (Å²) in [5, 5.41) is 3.37. The van der Waals surface area contributed by atoms with E-state index in [4.69, 9.17) is 4.99 Å². The molecule has 0 atom stereocenters. The first kappa shape index (κ1) is 22.7. The zero-order valence-corrected chi connectivity index (χ0v) is 18.5. The summed E-state index contributed by atoms with van der Waals surface area (Å²) < 4.78 is 0. The molecule has 1 fully saturated rings. The molecule has 6 nitrogen and oxygen atoms in total. The molecule has 1 amide bonds. The van der Waals surface area contributed by atoms with Gasteiger partial charge in [0.25, 0.3) is 0 Å². The van der Waals surface area contributed by atoms with E-state index in [1.54, 1.807) is 6.92 Å². The summed E-state index contributed by atoms with van der Waals surface area (Å²) in [6.07, 6.45) is 0. The normalized spacial score (nSPS) is 15.0. The molecule has 0 saturated carbocycles. The molecule has 1 saturated heterocycles. The maximum absolute atomic E-state index is 11.5. The van der Waals surface area contributed by atoms with Crippen LogP contribution in [-0.4, -0.2) is 79.4 Å². The molecule has 0 aromatic heterocycles. The Labute approximate surface area is 174 Å². The van der Waals surface area contributed by atoms with Crippen LogP contribution in [0.4, 0.5) is 0 Å². The van der Waals surface area contributed by atoms with Crippen LogP contribution in [0.2, 0.25) is 0 Å². The number of halogens is 1. The number of piperazine rings is 1. The zero-order valence-electron chi connectivity index (χ0n) is 16.1. The van der Waals surface area contributed by atoms with E-state index in [1.165, 1.54) is 5.56 Å². The third kappa shape index (κ3) is 7.49. The Hall–Kier alpha value is -1.35. The Morgan fingerprint density at radius 2 is 1.77 bits per heavy atom. The first-order valence-corrected chi connectivity index (χ1v) is 9.11. The highest BCUT2D eigenvalue weighted by Crippen LogP contribution is 2.04. The number of hydrogen-bond acceptors (Lipinski definition) is 3. The molecular weight excluding hydrogens is 441 g/mol. The van der Waals surface area contributed by atoms with Crippen molar-refractivity contribution in [2.24, 2.45) is 4.99 Å². The molecule has 26 heavy (non-hydrogen) atoms. The van der Waals surface area contributed by atoms with Crippen molar-refractivity contribution in [1.29, 1.82) is 0 Å². The molecule has 0 unspecified atom stereocenters. The third-order valence-corrected chi connectivity index (χ3v) is 4.40. The monoisotopic (exact) mass is 473 g/mol. The molecule has 1 aliphatic rings. The summed E-state index contributed by atoms with van der Waals surface area (Å²) in [6.45, 7) is 10.4. The Kier molecular flexibility index (Phi) is 10.6. The van der Waals surface area contributed by atoms with Gasteiger partial charge in [-0.15, -0.1) is 24.0 Å². The molecule has 7 heteroatoms. The molecule has 0 radical (unpaired) electrons. The molecule has 1 N–H and O–H groups in total. The minimum atomic E-state index is 0. The van der Waals surface area contributed by atoms with E-state index >= 15 is 0 Å². The zero-order chi connectivity index (χ0) is 18.1. The van der Waals surface area contributed by atoms with Crippen molar-refractivity contribution in [1.82, 2.24) is 20.0 Å². The molecule has 0 bridgehead atoms. The van der Waals surface area contributed by atoms with Crippen LogP contribution in [0, 0.1) is 0 Å². The van der Waals surface area contributed by atoms with Crippen LogP contribution in [0.3, 0.4) is 0 Å². The fourth-order valence-electron chi connectivity index (χ4n) is 2.96.